The van der Waals surface area contributed by atoms with Gasteiger partial charge in [-0.1, -0.05) is 24.3 Å². The van der Waals surface area contributed by atoms with Gasteiger partial charge in [0.05, 0.1) is 0 Å². The van der Waals surface area contributed by atoms with E-state index >= 15 is 0 Å². The average molecular weight is 347 g/mol. The molecule has 0 aliphatic rings. The highest BCUT2D eigenvalue weighted by Gasteiger charge is 2.10. The molecule has 0 saturated carbocycles. The van der Waals surface area contributed by atoms with E-state index in [0.717, 1.165) is 23.2 Å². The molecule has 4 heteroatoms. The molecule has 3 rings (SSSR count). The summed E-state index contributed by atoms with van der Waals surface area (Å²) < 4.78 is 16.6. The normalized spacial score (nSPS) is 11.0. The number of benzene rings is 2. The van der Waals surface area contributed by atoms with Crippen molar-refractivity contribution in [1.29, 1.82) is 0 Å². The highest BCUT2D eigenvalue weighted by molar-refractivity contribution is 9.10. The molecule has 0 bridgehead atoms. The van der Waals surface area contributed by atoms with Gasteiger partial charge in [-0.05, 0) is 47.1 Å². The second-order valence-electron chi connectivity index (χ2n) is 5.01. The van der Waals surface area contributed by atoms with Gasteiger partial charge in [0.15, 0.2) is 0 Å². The lowest BCUT2D eigenvalue weighted by atomic mass is 10.2. The first-order valence-electron chi connectivity index (χ1n) is 6.89. The van der Waals surface area contributed by atoms with Crippen LogP contribution in [0.4, 0.5) is 10.1 Å². The zero-order valence-corrected chi connectivity index (χ0v) is 13.3. The Hall–Kier alpha value is -1.81. The molecular formula is C17H16BrFN2. The third-order valence-electron chi connectivity index (χ3n) is 3.64. The lowest BCUT2D eigenvalue weighted by Gasteiger charge is -2.10. The number of halogens is 2. The molecule has 0 fully saturated rings. The molecule has 3 aromatic rings. The molecule has 2 nitrogen and oxygen atoms in total. The fraction of sp³-hybridized carbons (Fsp3) is 0.176. The SMILES string of the molecule is Cc1c(Br)c2ccccc2n1CCNc1cccc(F)c1. The Morgan fingerprint density at radius 2 is 1.95 bits per heavy atom. The molecule has 1 N–H and O–H groups in total. The van der Waals surface area contributed by atoms with E-state index in [1.165, 1.54) is 28.7 Å². The van der Waals surface area contributed by atoms with Crippen molar-refractivity contribution >= 4 is 32.5 Å². The highest BCUT2D eigenvalue weighted by atomic mass is 79.9. The van der Waals surface area contributed by atoms with Crippen LogP contribution in [0.25, 0.3) is 10.9 Å². The third kappa shape index (κ3) is 2.81. The molecular weight excluding hydrogens is 331 g/mol. The molecule has 2 aromatic carbocycles. The van der Waals surface area contributed by atoms with E-state index in [0.29, 0.717) is 0 Å². The Balaban J connectivity index is 1.78. The molecule has 0 amide bonds. The average Bonchev–Trinajstić information content (AvgIpc) is 2.73. The summed E-state index contributed by atoms with van der Waals surface area (Å²) in [5.74, 6) is -0.217. The Labute approximate surface area is 131 Å². The summed E-state index contributed by atoms with van der Waals surface area (Å²) in [6.07, 6.45) is 0. The third-order valence-corrected chi connectivity index (χ3v) is 4.64. The van der Waals surface area contributed by atoms with Crippen LogP contribution in [0.3, 0.4) is 0 Å². The van der Waals surface area contributed by atoms with Crippen molar-refractivity contribution in [2.75, 3.05) is 11.9 Å². The van der Waals surface area contributed by atoms with E-state index in [4.69, 9.17) is 0 Å². The zero-order chi connectivity index (χ0) is 14.8. The minimum absolute atomic E-state index is 0.217. The first-order chi connectivity index (χ1) is 10.2. The largest absolute Gasteiger partial charge is 0.383 e. The van der Waals surface area contributed by atoms with Crippen LogP contribution in [-0.4, -0.2) is 11.1 Å². The molecule has 0 saturated heterocycles. The Morgan fingerprint density at radius 1 is 1.14 bits per heavy atom. The van der Waals surface area contributed by atoms with Crippen molar-refractivity contribution in [3.8, 4) is 0 Å². The van der Waals surface area contributed by atoms with Crippen LogP contribution in [0.1, 0.15) is 5.69 Å². The second kappa shape index (κ2) is 5.90. The van der Waals surface area contributed by atoms with Gasteiger partial charge in [-0.3, -0.25) is 0 Å². The van der Waals surface area contributed by atoms with Gasteiger partial charge in [0, 0.05) is 39.8 Å². The van der Waals surface area contributed by atoms with Crippen LogP contribution >= 0.6 is 15.9 Å². The number of hydrogen-bond acceptors (Lipinski definition) is 1. The molecule has 0 unspecified atom stereocenters. The van der Waals surface area contributed by atoms with Crippen molar-refractivity contribution in [2.24, 2.45) is 0 Å². The first-order valence-corrected chi connectivity index (χ1v) is 7.69. The van der Waals surface area contributed by atoms with Crippen LogP contribution in [0.5, 0.6) is 0 Å². The van der Waals surface area contributed by atoms with Crippen LogP contribution in [0.2, 0.25) is 0 Å². The van der Waals surface area contributed by atoms with Gasteiger partial charge in [0.1, 0.15) is 5.82 Å². The van der Waals surface area contributed by atoms with Crippen molar-refractivity contribution in [2.45, 2.75) is 13.5 Å². The number of nitrogens with one attached hydrogen (secondary N) is 1. The van der Waals surface area contributed by atoms with Gasteiger partial charge in [-0.25, -0.2) is 4.39 Å². The molecule has 0 radical (unpaired) electrons. The highest BCUT2D eigenvalue weighted by Crippen LogP contribution is 2.30. The van der Waals surface area contributed by atoms with Gasteiger partial charge in [0.25, 0.3) is 0 Å². The van der Waals surface area contributed by atoms with Gasteiger partial charge in [-0.2, -0.15) is 0 Å². The van der Waals surface area contributed by atoms with Crippen molar-refractivity contribution in [3.05, 3.63) is 64.5 Å². The van der Waals surface area contributed by atoms with Crippen molar-refractivity contribution in [1.82, 2.24) is 4.57 Å². The summed E-state index contributed by atoms with van der Waals surface area (Å²) in [5, 5.41) is 4.48. The van der Waals surface area contributed by atoms with E-state index in [1.54, 1.807) is 6.07 Å². The predicted octanol–water partition coefficient (Wildman–Crippen LogP) is 4.96. The maximum atomic E-state index is 13.1. The number of anilines is 1. The molecule has 21 heavy (non-hydrogen) atoms. The molecule has 1 heterocycles. The summed E-state index contributed by atoms with van der Waals surface area (Å²) in [6, 6.07) is 14.9. The Bertz CT molecular complexity index is 780. The van der Waals surface area contributed by atoms with Crippen molar-refractivity contribution < 1.29 is 4.39 Å². The number of fused-ring (bicyclic) bond motifs is 1. The standard InChI is InChI=1S/C17H16BrFN2/c1-12-17(18)15-7-2-3-8-16(15)21(12)10-9-20-14-6-4-5-13(19)11-14/h2-8,11,20H,9-10H2,1H3. The topological polar surface area (TPSA) is 17.0 Å². The molecule has 0 spiro atoms. The van der Waals surface area contributed by atoms with Crippen LogP contribution in [0.15, 0.2) is 53.0 Å². The van der Waals surface area contributed by atoms with Gasteiger partial charge < -0.3 is 9.88 Å². The zero-order valence-electron chi connectivity index (χ0n) is 11.7. The summed E-state index contributed by atoms with van der Waals surface area (Å²) in [6.45, 7) is 3.68. The minimum Gasteiger partial charge on any atom is -0.383 e. The van der Waals surface area contributed by atoms with Crippen LogP contribution in [0, 0.1) is 12.7 Å². The number of nitrogens with zero attached hydrogens (tertiary/aromatic N) is 1. The summed E-state index contributed by atoms with van der Waals surface area (Å²) in [4.78, 5) is 0. The molecule has 0 aliphatic heterocycles. The maximum absolute atomic E-state index is 13.1. The monoisotopic (exact) mass is 346 g/mol. The number of aromatic nitrogens is 1. The van der Waals surface area contributed by atoms with Gasteiger partial charge in [-0.15, -0.1) is 0 Å². The summed E-state index contributed by atoms with van der Waals surface area (Å²) >= 11 is 3.66. The fourth-order valence-electron chi connectivity index (χ4n) is 2.59. The van der Waals surface area contributed by atoms with E-state index in [2.05, 4.69) is 44.9 Å². The number of hydrogen-bond donors (Lipinski definition) is 1. The van der Waals surface area contributed by atoms with E-state index in [-0.39, 0.29) is 5.82 Å². The van der Waals surface area contributed by atoms with E-state index in [9.17, 15) is 4.39 Å². The molecule has 0 atom stereocenters. The molecule has 108 valence electrons. The molecule has 1 aromatic heterocycles. The quantitative estimate of drug-likeness (QED) is 0.706. The smallest absolute Gasteiger partial charge is 0.125 e. The predicted molar refractivity (Wildman–Crippen MR) is 89.3 cm³/mol. The second-order valence-corrected chi connectivity index (χ2v) is 5.80. The summed E-state index contributed by atoms with van der Waals surface area (Å²) in [5.41, 5.74) is 3.23. The lowest BCUT2D eigenvalue weighted by Crippen LogP contribution is -2.11. The van der Waals surface area contributed by atoms with Gasteiger partial charge >= 0.3 is 0 Å². The van der Waals surface area contributed by atoms with E-state index < -0.39 is 0 Å². The first kappa shape index (κ1) is 14.1. The van der Waals surface area contributed by atoms with E-state index in [1.807, 2.05) is 18.2 Å². The number of para-hydroxylation sites is 1. The van der Waals surface area contributed by atoms with Gasteiger partial charge in [0.2, 0.25) is 0 Å². The van der Waals surface area contributed by atoms with Crippen molar-refractivity contribution in [3.63, 3.8) is 0 Å². The van der Waals surface area contributed by atoms with Crippen LogP contribution in [-0.2, 0) is 6.54 Å². The molecule has 0 aliphatic carbocycles. The number of rotatable bonds is 4. The Kier molecular flexibility index (Phi) is 3.97. The van der Waals surface area contributed by atoms with Crippen LogP contribution < -0.4 is 5.32 Å². The fourth-order valence-corrected chi connectivity index (χ4v) is 3.14. The maximum Gasteiger partial charge on any atom is 0.125 e. The lowest BCUT2D eigenvalue weighted by molar-refractivity contribution is 0.628. The summed E-state index contributed by atoms with van der Waals surface area (Å²) in [7, 11) is 0. The minimum atomic E-state index is -0.217. The Morgan fingerprint density at radius 3 is 2.76 bits per heavy atom.